The summed E-state index contributed by atoms with van der Waals surface area (Å²) in [5.74, 6) is 1.50. The van der Waals surface area contributed by atoms with Crippen molar-refractivity contribution in [3.8, 4) is 62.2 Å². The van der Waals surface area contributed by atoms with E-state index in [9.17, 15) is 5.26 Å². The summed E-state index contributed by atoms with van der Waals surface area (Å²) in [6.07, 6.45) is 2.01. The zero-order chi connectivity index (χ0) is 35.0. The molecule has 0 saturated heterocycles. The van der Waals surface area contributed by atoms with Crippen LogP contribution in [0.1, 0.15) is 5.56 Å². The maximum atomic E-state index is 9.45. The minimum atomic E-state index is 0.582. The van der Waals surface area contributed by atoms with Crippen LogP contribution in [0.3, 0.4) is 0 Å². The predicted molar refractivity (Wildman–Crippen MR) is 218 cm³/mol. The van der Waals surface area contributed by atoms with Crippen LogP contribution in [0.5, 0.6) is 11.5 Å². The molecule has 1 aromatic heterocycles. The van der Waals surface area contributed by atoms with E-state index in [1.54, 1.807) is 0 Å². The van der Waals surface area contributed by atoms with Gasteiger partial charge in [0.1, 0.15) is 11.5 Å². The van der Waals surface area contributed by atoms with Crippen molar-refractivity contribution in [3.63, 3.8) is 0 Å². The molecule has 11 rings (SSSR count). The topological polar surface area (TPSA) is 45.9 Å². The summed E-state index contributed by atoms with van der Waals surface area (Å²) in [6.45, 7) is 0. The Morgan fingerprint density at radius 2 is 1.06 bits per heavy atom. The van der Waals surface area contributed by atoms with E-state index in [4.69, 9.17) is 9.72 Å². The highest BCUT2D eigenvalue weighted by atomic mass is 16.5. The minimum Gasteiger partial charge on any atom is -0.456 e. The third-order valence-electron chi connectivity index (χ3n) is 10.9. The summed E-state index contributed by atoms with van der Waals surface area (Å²) in [5.41, 5.74) is 9.34. The molecular weight excluding hydrogens is 645 g/mol. The molecule has 244 valence electrons. The third kappa shape index (κ3) is 4.43. The summed E-state index contributed by atoms with van der Waals surface area (Å²) in [5, 5.41) is 21.5. The molecule has 0 spiro atoms. The van der Waals surface area contributed by atoms with Gasteiger partial charge >= 0.3 is 0 Å². The van der Waals surface area contributed by atoms with E-state index in [-0.39, 0.29) is 0 Å². The van der Waals surface area contributed by atoms with Gasteiger partial charge in [-0.15, -0.1) is 0 Å². The number of hydrogen-bond donors (Lipinski definition) is 0. The average molecular weight is 673 g/mol. The normalized spacial score (nSPS) is 11.9. The standard InChI is InChI=1S/C50H28N2O/c51-28-30-19-21-40-42-23-22-39(41-17-8-18-48(50(41)42)53-49(40)25-30)47-24-20-32(29-52-47)43-26-45-38-15-6-5-14-37(38)44(27-46(45)36-13-4-3-12-35(36)43)34-16-7-10-31-9-1-2-11-33(31)34/h1-27,29H. The summed E-state index contributed by atoms with van der Waals surface area (Å²) >= 11 is 0. The molecule has 0 radical (unpaired) electrons. The zero-order valence-electron chi connectivity index (χ0n) is 28.5. The lowest BCUT2D eigenvalue weighted by Crippen LogP contribution is -1.98. The largest absolute Gasteiger partial charge is 0.456 e. The van der Waals surface area contributed by atoms with E-state index in [0.717, 1.165) is 50.0 Å². The Bertz CT molecular complexity index is 3200. The first kappa shape index (κ1) is 29.5. The molecule has 0 saturated carbocycles. The lowest BCUT2D eigenvalue weighted by atomic mass is 9.87. The van der Waals surface area contributed by atoms with Crippen LogP contribution >= 0.6 is 0 Å². The molecule has 0 aliphatic carbocycles. The highest BCUT2D eigenvalue weighted by Gasteiger charge is 2.23. The fraction of sp³-hybridized carbons (Fsp3) is 0. The Morgan fingerprint density at radius 1 is 0.415 bits per heavy atom. The van der Waals surface area contributed by atoms with Crippen LogP contribution in [0.15, 0.2) is 170 Å². The van der Waals surface area contributed by atoms with Crippen molar-refractivity contribution >= 4 is 53.9 Å². The average Bonchev–Trinajstić information content (AvgIpc) is 3.23. The molecule has 10 aromatic rings. The van der Waals surface area contributed by atoms with E-state index in [0.29, 0.717) is 11.3 Å². The van der Waals surface area contributed by atoms with Crippen molar-refractivity contribution in [3.05, 3.63) is 176 Å². The molecule has 53 heavy (non-hydrogen) atoms. The molecule has 0 unspecified atom stereocenters. The van der Waals surface area contributed by atoms with Gasteiger partial charge in [0.05, 0.1) is 17.3 Å². The predicted octanol–water partition coefficient (Wildman–Crippen LogP) is 13.5. The van der Waals surface area contributed by atoms with E-state index < -0.39 is 0 Å². The van der Waals surface area contributed by atoms with Crippen LogP contribution < -0.4 is 4.74 Å². The highest BCUT2D eigenvalue weighted by molar-refractivity contribution is 6.24. The molecule has 0 amide bonds. The molecule has 0 atom stereocenters. The van der Waals surface area contributed by atoms with E-state index >= 15 is 0 Å². The van der Waals surface area contributed by atoms with E-state index in [1.165, 1.54) is 54.2 Å². The molecule has 0 bridgehead atoms. The maximum Gasteiger partial charge on any atom is 0.136 e. The van der Waals surface area contributed by atoms with Gasteiger partial charge in [0.15, 0.2) is 0 Å². The van der Waals surface area contributed by atoms with Gasteiger partial charge in [-0.2, -0.15) is 5.26 Å². The Kier molecular flexibility index (Phi) is 6.32. The van der Waals surface area contributed by atoms with Gasteiger partial charge < -0.3 is 4.74 Å². The fourth-order valence-electron chi connectivity index (χ4n) is 8.51. The van der Waals surface area contributed by atoms with Gasteiger partial charge in [-0.05, 0) is 113 Å². The Labute approximate surface area is 305 Å². The van der Waals surface area contributed by atoms with Crippen LogP contribution in [0.2, 0.25) is 0 Å². The van der Waals surface area contributed by atoms with Crippen molar-refractivity contribution in [2.75, 3.05) is 0 Å². The van der Waals surface area contributed by atoms with Crippen molar-refractivity contribution in [1.82, 2.24) is 4.98 Å². The molecular formula is C50H28N2O. The molecule has 3 heteroatoms. The first-order valence-corrected chi connectivity index (χ1v) is 17.8. The summed E-state index contributed by atoms with van der Waals surface area (Å²) < 4.78 is 6.35. The Hall–Kier alpha value is -7.28. The number of nitriles is 1. The third-order valence-corrected chi connectivity index (χ3v) is 10.9. The van der Waals surface area contributed by atoms with Crippen LogP contribution in [0.4, 0.5) is 0 Å². The monoisotopic (exact) mass is 672 g/mol. The quantitative estimate of drug-likeness (QED) is 0.176. The number of fused-ring (bicyclic) bond motifs is 8. The fourth-order valence-corrected chi connectivity index (χ4v) is 8.51. The second-order valence-corrected chi connectivity index (χ2v) is 13.8. The van der Waals surface area contributed by atoms with E-state index in [2.05, 4.69) is 140 Å². The number of nitrogens with zero attached hydrogens (tertiary/aromatic N) is 2. The second kappa shape index (κ2) is 11.4. The Balaban J connectivity index is 1.07. The van der Waals surface area contributed by atoms with Crippen molar-refractivity contribution in [2.24, 2.45) is 0 Å². The number of aromatic nitrogens is 1. The highest BCUT2D eigenvalue weighted by Crippen LogP contribution is 2.49. The van der Waals surface area contributed by atoms with Crippen molar-refractivity contribution in [1.29, 1.82) is 5.26 Å². The second-order valence-electron chi connectivity index (χ2n) is 13.8. The van der Waals surface area contributed by atoms with E-state index in [1.807, 2.05) is 36.5 Å². The number of pyridine rings is 1. The number of benzene rings is 9. The molecule has 1 aliphatic heterocycles. The van der Waals surface area contributed by atoms with Crippen LogP contribution in [-0.4, -0.2) is 4.98 Å². The van der Waals surface area contributed by atoms with Gasteiger partial charge in [-0.25, -0.2) is 0 Å². The van der Waals surface area contributed by atoms with Crippen LogP contribution in [0, 0.1) is 11.3 Å². The smallest absolute Gasteiger partial charge is 0.136 e. The summed E-state index contributed by atoms with van der Waals surface area (Å²) in [6, 6.07) is 60.2. The van der Waals surface area contributed by atoms with Gasteiger partial charge in [0.25, 0.3) is 0 Å². The molecule has 2 heterocycles. The van der Waals surface area contributed by atoms with Gasteiger partial charge in [-0.3, -0.25) is 4.98 Å². The molecule has 0 N–H and O–H groups in total. The first-order valence-electron chi connectivity index (χ1n) is 17.8. The lowest BCUT2D eigenvalue weighted by molar-refractivity contribution is 0.487. The van der Waals surface area contributed by atoms with Crippen molar-refractivity contribution in [2.45, 2.75) is 0 Å². The van der Waals surface area contributed by atoms with Gasteiger partial charge in [-0.1, -0.05) is 121 Å². The molecule has 9 aromatic carbocycles. The Morgan fingerprint density at radius 3 is 1.83 bits per heavy atom. The van der Waals surface area contributed by atoms with Crippen LogP contribution in [-0.2, 0) is 0 Å². The molecule has 0 fully saturated rings. The minimum absolute atomic E-state index is 0.582. The van der Waals surface area contributed by atoms with Gasteiger partial charge in [0, 0.05) is 28.3 Å². The number of ether oxygens (including phenoxy) is 1. The first-order chi connectivity index (χ1) is 26.2. The molecule has 3 nitrogen and oxygen atoms in total. The lowest BCUT2D eigenvalue weighted by Gasteiger charge is -2.22. The SMILES string of the molecule is N#Cc1ccc2c(c1)Oc1cccc3c(-c4ccc(-c5cc6c7ccccc7c(-c7cccc8ccccc78)cc6c6ccccc56)cn4)ccc-2c13. The summed E-state index contributed by atoms with van der Waals surface area (Å²) in [7, 11) is 0. The summed E-state index contributed by atoms with van der Waals surface area (Å²) in [4.78, 5) is 5.10. The number of hydrogen-bond acceptors (Lipinski definition) is 3. The van der Waals surface area contributed by atoms with Crippen molar-refractivity contribution < 1.29 is 4.74 Å². The number of rotatable bonds is 3. The zero-order valence-corrected chi connectivity index (χ0v) is 28.5. The molecule has 1 aliphatic rings. The van der Waals surface area contributed by atoms with Gasteiger partial charge in [0.2, 0.25) is 0 Å². The van der Waals surface area contributed by atoms with Crippen LogP contribution in [0.25, 0.3) is 98.5 Å². The maximum absolute atomic E-state index is 9.45.